The summed E-state index contributed by atoms with van der Waals surface area (Å²) in [6.07, 6.45) is -1.44. The van der Waals surface area contributed by atoms with E-state index >= 15 is 0 Å². The molecule has 1 aliphatic rings. The number of halogens is 3. The molecule has 138 valence electrons. The zero-order valence-corrected chi connectivity index (χ0v) is 14.2. The van der Waals surface area contributed by atoms with Crippen molar-refractivity contribution >= 4 is 22.9 Å². The molecule has 0 spiro atoms. The van der Waals surface area contributed by atoms with E-state index in [0.717, 1.165) is 29.7 Å². The van der Waals surface area contributed by atoms with Crippen molar-refractivity contribution in [3.05, 3.63) is 23.8 Å². The van der Waals surface area contributed by atoms with Crippen LogP contribution in [0.4, 0.5) is 19.1 Å². The van der Waals surface area contributed by atoms with E-state index in [2.05, 4.69) is 16.4 Å². The average Bonchev–Trinajstić information content (AvgIpc) is 2.80. The van der Waals surface area contributed by atoms with Crippen LogP contribution in [0.5, 0.6) is 0 Å². The van der Waals surface area contributed by atoms with E-state index in [-0.39, 0.29) is 6.04 Å². The highest BCUT2D eigenvalue weighted by Crippen LogP contribution is 2.37. The summed E-state index contributed by atoms with van der Waals surface area (Å²) in [6, 6.07) is 7.30. The van der Waals surface area contributed by atoms with Gasteiger partial charge >= 0.3 is 6.18 Å². The van der Waals surface area contributed by atoms with Gasteiger partial charge < -0.3 is 4.57 Å². The number of likely N-dealkylation sites (N-methyl/N-ethyl adjacent to an activating group) is 1. The van der Waals surface area contributed by atoms with Gasteiger partial charge in [0.1, 0.15) is 0 Å². The van der Waals surface area contributed by atoms with Gasteiger partial charge in [0, 0.05) is 6.04 Å². The number of rotatable bonds is 5. The number of imidazole rings is 1. The number of nitriles is 1. The lowest BCUT2D eigenvalue weighted by molar-refractivity contribution is -0.145. The van der Waals surface area contributed by atoms with Gasteiger partial charge in [-0.1, -0.05) is 0 Å². The van der Waals surface area contributed by atoms with Gasteiger partial charge in [-0.2, -0.15) is 18.4 Å². The van der Waals surface area contributed by atoms with Crippen LogP contribution in [-0.4, -0.2) is 46.7 Å². The molecule has 1 fully saturated rings. The number of hydrogen-bond acceptors (Lipinski definition) is 4. The summed E-state index contributed by atoms with van der Waals surface area (Å²) < 4.78 is 39.1. The van der Waals surface area contributed by atoms with Crippen LogP contribution in [0, 0.1) is 11.3 Å². The van der Waals surface area contributed by atoms with Crippen molar-refractivity contribution in [3.8, 4) is 6.07 Å². The summed E-state index contributed by atoms with van der Waals surface area (Å²) in [5, 5.41) is 11.7. The summed E-state index contributed by atoms with van der Waals surface area (Å²) in [7, 11) is 1.24. The lowest BCUT2D eigenvalue weighted by atomic mass is 9.92. The van der Waals surface area contributed by atoms with Gasteiger partial charge in [-0.25, -0.2) is 4.98 Å². The molecular formula is C17H18F3N5O. The summed E-state index contributed by atoms with van der Waals surface area (Å²) >= 11 is 0. The Labute approximate surface area is 148 Å². The fraction of sp³-hybridized carbons (Fsp3) is 0.471. The molecule has 1 aromatic heterocycles. The highest BCUT2D eigenvalue weighted by atomic mass is 19.4. The number of nitrogens with zero attached hydrogens (tertiary/aromatic N) is 4. The van der Waals surface area contributed by atoms with Gasteiger partial charge in [0.25, 0.3) is 0 Å². The Morgan fingerprint density at radius 2 is 2.19 bits per heavy atom. The van der Waals surface area contributed by atoms with Gasteiger partial charge in [0.05, 0.1) is 35.8 Å². The normalized spacial score (nSPS) is 15.1. The van der Waals surface area contributed by atoms with Crippen LogP contribution in [0.15, 0.2) is 18.2 Å². The smallest absolute Gasteiger partial charge is 0.307 e. The second kappa shape index (κ2) is 6.96. The Hall–Kier alpha value is -2.60. The van der Waals surface area contributed by atoms with Gasteiger partial charge in [-0.15, -0.1) is 0 Å². The highest BCUT2D eigenvalue weighted by molar-refractivity contribution is 5.93. The minimum atomic E-state index is -4.36. The van der Waals surface area contributed by atoms with Crippen molar-refractivity contribution < 1.29 is 18.0 Å². The Morgan fingerprint density at radius 1 is 1.46 bits per heavy atom. The Morgan fingerprint density at radius 3 is 2.77 bits per heavy atom. The van der Waals surface area contributed by atoms with Crippen molar-refractivity contribution in [2.75, 3.05) is 25.5 Å². The molecule has 0 radical (unpaired) electrons. The van der Waals surface area contributed by atoms with Crippen molar-refractivity contribution in [1.29, 1.82) is 5.26 Å². The fourth-order valence-electron chi connectivity index (χ4n) is 3.04. The van der Waals surface area contributed by atoms with Crippen LogP contribution in [0.2, 0.25) is 0 Å². The second-order valence-corrected chi connectivity index (χ2v) is 6.54. The van der Waals surface area contributed by atoms with E-state index < -0.39 is 25.2 Å². The van der Waals surface area contributed by atoms with Gasteiger partial charge in [-0.05, 0) is 44.5 Å². The number of amides is 1. The quantitative estimate of drug-likeness (QED) is 0.884. The van der Waals surface area contributed by atoms with Crippen LogP contribution < -0.4 is 5.32 Å². The fourth-order valence-corrected chi connectivity index (χ4v) is 3.04. The van der Waals surface area contributed by atoms with Crippen molar-refractivity contribution in [1.82, 2.24) is 14.5 Å². The number of nitrogens with one attached hydrogen (secondary N) is 1. The third kappa shape index (κ3) is 3.96. The van der Waals surface area contributed by atoms with Crippen LogP contribution in [0.25, 0.3) is 11.0 Å². The minimum absolute atomic E-state index is 0.164. The van der Waals surface area contributed by atoms with Gasteiger partial charge in [0.2, 0.25) is 11.9 Å². The number of carbonyl (C=O) groups is 1. The topological polar surface area (TPSA) is 74.0 Å². The third-order valence-electron chi connectivity index (χ3n) is 4.37. The van der Waals surface area contributed by atoms with Gasteiger partial charge in [-0.3, -0.25) is 15.0 Å². The van der Waals surface area contributed by atoms with E-state index in [4.69, 9.17) is 5.26 Å². The predicted octanol–water partition coefficient (Wildman–Crippen LogP) is 3.07. The van der Waals surface area contributed by atoms with Crippen LogP contribution in [-0.2, 0) is 4.79 Å². The summed E-state index contributed by atoms with van der Waals surface area (Å²) in [6.45, 7) is -1.55. The molecule has 1 amide bonds. The Balaban J connectivity index is 1.83. The number of alkyl halides is 3. The molecule has 6 nitrogen and oxygen atoms in total. The summed E-state index contributed by atoms with van der Waals surface area (Å²) in [5.74, 6) is -0.252. The Kier molecular flexibility index (Phi) is 4.87. The highest BCUT2D eigenvalue weighted by Gasteiger charge is 2.30. The molecule has 2 aromatic rings. The maximum atomic E-state index is 12.4. The first-order chi connectivity index (χ1) is 12.3. The Bertz CT molecular complexity index is 864. The lowest BCUT2D eigenvalue weighted by Gasteiger charge is -2.29. The van der Waals surface area contributed by atoms with Crippen LogP contribution in [0.3, 0.4) is 0 Å². The number of carbonyl (C=O) groups excluding carboxylic acids is 1. The summed E-state index contributed by atoms with van der Waals surface area (Å²) in [4.78, 5) is 17.5. The first-order valence-corrected chi connectivity index (χ1v) is 8.24. The van der Waals surface area contributed by atoms with E-state index in [9.17, 15) is 18.0 Å². The molecule has 9 heteroatoms. The standard InChI is InChI=1S/C17H18F3N5O/c1-24(10-17(18,19)20)9-15(26)23-16-22-13-6-5-11(8-21)7-14(13)25(16)12-3-2-4-12/h5-7,12H,2-4,9-10H2,1H3,(H,22,23,26). The number of aromatic nitrogens is 2. The molecule has 0 aliphatic heterocycles. The number of benzene rings is 1. The monoisotopic (exact) mass is 365 g/mol. The first-order valence-electron chi connectivity index (χ1n) is 8.24. The molecular weight excluding hydrogens is 347 g/mol. The van der Waals surface area contributed by atoms with Gasteiger partial charge in [0.15, 0.2) is 0 Å². The van der Waals surface area contributed by atoms with Crippen molar-refractivity contribution in [2.45, 2.75) is 31.5 Å². The molecule has 0 unspecified atom stereocenters. The minimum Gasteiger partial charge on any atom is -0.307 e. The number of hydrogen-bond donors (Lipinski definition) is 1. The second-order valence-electron chi connectivity index (χ2n) is 6.54. The van der Waals surface area contributed by atoms with Crippen LogP contribution in [0.1, 0.15) is 30.9 Å². The summed E-state index contributed by atoms with van der Waals surface area (Å²) in [5.41, 5.74) is 1.86. The van der Waals surface area contributed by atoms with E-state index in [1.54, 1.807) is 18.2 Å². The lowest BCUT2D eigenvalue weighted by Crippen LogP contribution is -2.37. The van der Waals surface area contributed by atoms with E-state index in [1.165, 1.54) is 7.05 Å². The number of fused-ring (bicyclic) bond motifs is 1. The van der Waals surface area contributed by atoms with Crippen molar-refractivity contribution in [3.63, 3.8) is 0 Å². The molecule has 1 saturated carbocycles. The van der Waals surface area contributed by atoms with E-state index in [1.807, 2.05) is 4.57 Å². The third-order valence-corrected chi connectivity index (χ3v) is 4.37. The zero-order valence-electron chi connectivity index (χ0n) is 14.2. The molecule has 3 rings (SSSR count). The molecule has 0 bridgehead atoms. The van der Waals surface area contributed by atoms with E-state index in [0.29, 0.717) is 17.0 Å². The first kappa shape index (κ1) is 18.2. The van der Waals surface area contributed by atoms with Crippen LogP contribution >= 0.6 is 0 Å². The maximum absolute atomic E-state index is 12.4. The molecule has 1 N–H and O–H groups in total. The molecule has 1 heterocycles. The maximum Gasteiger partial charge on any atom is 0.401 e. The van der Waals surface area contributed by atoms with Crippen molar-refractivity contribution in [2.24, 2.45) is 0 Å². The largest absolute Gasteiger partial charge is 0.401 e. The zero-order chi connectivity index (χ0) is 18.9. The molecule has 26 heavy (non-hydrogen) atoms. The average molecular weight is 365 g/mol. The molecule has 0 atom stereocenters. The molecule has 0 saturated heterocycles. The predicted molar refractivity (Wildman–Crippen MR) is 89.5 cm³/mol. The number of anilines is 1. The molecule has 1 aliphatic carbocycles. The SMILES string of the molecule is CN(CC(=O)Nc1nc2ccc(C#N)cc2n1C1CCC1)CC(F)(F)F. The molecule has 1 aromatic carbocycles.